The van der Waals surface area contributed by atoms with Crippen LogP contribution in [0.1, 0.15) is 49.1 Å². The molecule has 21 heavy (non-hydrogen) atoms. The van der Waals surface area contributed by atoms with Gasteiger partial charge in [-0.2, -0.15) is 0 Å². The first-order valence-corrected chi connectivity index (χ1v) is 8.29. The van der Waals surface area contributed by atoms with Gasteiger partial charge in [0.15, 0.2) is 0 Å². The fourth-order valence-corrected chi connectivity index (χ4v) is 3.57. The van der Waals surface area contributed by atoms with Crippen molar-refractivity contribution in [1.29, 1.82) is 0 Å². The highest BCUT2D eigenvalue weighted by atomic mass is 32.1. The lowest BCUT2D eigenvalue weighted by molar-refractivity contribution is -0.141. The first-order chi connectivity index (χ1) is 10.1. The molecule has 0 bridgehead atoms. The minimum absolute atomic E-state index is 0.109. The van der Waals surface area contributed by atoms with E-state index in [-0.39, 0.29) is 18.0 Å². The lowest BCUT2D eigenvalue weighted by Crippen LogP contribution is -2.39. The van der Waals surface area contributed by atoms with Crippen LogP contribution in [0.5, 0.6) is 0 Å². The highest BCUT2D eigenvalue weighted by Gasteiger charge is 2.22. The fraction of sp³-hybridized carbons (Fsp3) is 0.600. The smallest absolute Gasteiger partial charge is 0.315 e. The van der Waals surface area contributed by atoms with Crippen LogP contribution in [0.25, 0.3) is 0 Å². The molecule has 0 saturated heterocycles. The van der Waals surface area contributed by atoms with Crippen LogP contribution in [-0.2, 0) is 11.2 Å². The molecule has 0 spiro atoms. The van der Waals surface area contributed by atoms with Crippen LogP contribution in [-0.4, -0.2) is 23.7 Å². The first-order valence-electron chi connectivity index (χ1n) is 7.41. The van der Waals surface area contributed by atoms with Crippen molar-refractivity contribution in [2.75, 3.05) is 6.54 Å². The quantitative estimate of drug-likeness (QED) is 0.707. The number of carboxylic acids is 1. The maximum Gasteiger partial charge on any atom is 0.315 e. The number of carbonyl (C=O) groups excluding carboxylic acids is 1. The van der Waals surface area contributed by atoms with Crippen LogP contribution in [0.3, 0.4) is 0 Å². The number of thiophene rings is 1. The highest BCUT2D eigenvalue weighted by Crippen LogP contribution is 2.33. The Kier molecular flexibility index (Phi) is 5.61. The maximum atomic E-state index is 11.9. The van der Waals surface area contributed by atoms with Crippen molar-refractivity contribution in [2.24, 2.45) is 5.92 Å². The summed E-state index contributed by atoms with van der Waals surface area (Å²) in [5.74, 6) is -1.15. The van der Waals surface area contributed by atoms with Crippen molar-refractivity contribution in [3.05, 3.63) is 21.9 Å². The van der Waals surface area contributed by atoms with Crippen molar-refractivity contribution >= 4 is 23.3 Å². The Labute approximate surface area is 128 Å². The van der Waals surface area contributed by atoms with Gasteiger partial charge in [0, 0.05) is 11.4 Å². The predicted octanol–water partition coefficient (Wildman–Crippen LogP) is 2.93. The second kappa shape index (κ2) is 7.45. The summed E-state index contributed by atoms with van der Waals surface area (Å²) in [6, 6.07) is 2.04. The van der Waals surface area contributed by atoms with Gasteiger partial charge in [0.1, 0.15) is 0 Å². The van der Waals surface area contributed by atoms with Crippen molar-refractivity contribution < 1.29 is 14.7 Å². The van der Waals surface area contributed by atoms with E-state index in [9.17, 15) is 9.59 Å². The van der Waals surface area contributed by atoms with Crippen LogP contribution in [0, 0.1) is 5.92 Å². The molecule has 1 aliphatic rings. The molecule has 116 valence electrons. The van der Waals surface area contributed by atoms with Crippen molar-refractivity contribution in [3.63, 3.8) is 0 Å². The third kappa shape index (κ3) is 4.46. The van der Waals surface area contributed by atoms with E-state index in [1.807, 2.05) is 0 Å². The minimum Gasteiger partial charge on any atom is -0.481 e. The van der Waals surface area contributed by atoms with E-state index in [4.69, 9.17) is 5.11 Å². The molecule has 0 radical (unpaired) electrons. The highest BCUT2D eigenvalue weighted by molar-refractivity contribution is 7.10. The van der Waals surface area contributed by atoms with Gasteiger partial charge in [0.2, 0.25) is 0 Å². The molecule has 1 aromatic heterocycles. The average molecular weight is 310 g/mol. The third-order valence-corrected chi connectivity index (χ3v) is 4.87. The number of aryl methyl sites for hydroxylation is 1. The van der Waals surface area contributed by atoms with Gasteiger partial charge in [0.05, 0.1) is 12.0 Å². The van der Waals surface area contributed by atoms with E-state index in [0.29, 0.717) is 19.4 Å². The van der Waals surface area contributed by atoms with Crippen molar-refractivity contribution in [2.45, 2.75) is 45.1 Å². The number of nitrogens with one attached hydrogen (secondary N) is 2. The van der Waals surface area contributed by atoms with Gasteiger partial charge in [-0.3, -0.25) is 4.79 Å². The number of carbonyl (C=O) groups is 2. The average Bonchev–Trinajstić information content (AvgIpc) is 2.92. The van der Waals surface area contributed by atoms with Gasteiger partial charge in [-0.15, -0.1) is 11.3 Å². The molecule has 0 fully saturated rings. The van der Waals surface area contributed by atoms with Gasteiger partial charge in [-0.1, -0.05) is 6.92 Å². The molecule has 0 aliphatic heterocycles. The summed E-state index contributed by atoms with van der Waals surface area (Å²) in [6.45, 7) is 2.19. The SMILES string of the molecule is CC(CCCNC(=O)NC1CCCc2sccc21)C(=O)O. The lowest BCUT2D eigenvalue weighted by atomic mass is 9.94. The Morgan fingerprint density at radius 2 is 2.33 bits per heavy atom. The Bertz CT molecular complexity index is 501. The monoisotopic (exact) mass is 310 g/mol. The van der Waals surface area contributed by atoms with E-state index in [1.54, 1.807) is 18.3 Å². The molecule has 3 N–H and O–H groups in total. The molecule has 1 heterocycles. The van der Waals surface area contributed by atoms with E-state index in [2.05, 4.69) is 22.1 Å². The van der Waals surface area contributed by atoms with E-state index in [0.717, 1.165) is 19.3 Å². The number of rotatable bonds is 6. The van der Waals surface area contributed by atoms with Gasteiger partial charge >= 0.3 is 12.0 Å². The molecule has 0 saturated carbocycles. The minimum atomic E-state index is -0.786. The zero-order valence-electron chi connectivity index (χ0n) is 12.2. The van der Waals surface area contributed by atoms with Crippen molar-refractivity contribution in [1.82, 2.24) is 10.6 Å². The summed E-state index contributed by atoms with van der Waals surface area (Å²) in [4.78, 5) is 23.9. The molecule has 1 aliphatic carbocycles. The molecule has 5 nitrogen and oxygen atoms in total. The number of hydrogen-bond acceptors (Lipinski definition) is 3. The summed E-state index contributed by atoms with van der Waals surface area (Å²) in [5.41, 5.74) is 1.25. The molecule has 2 amide bonds. The number of urea groups is 1. The number of fused-ring (bicyclic) bond motifs is 1. The van der Waals surface area contributed by atoms with Crippen LogP contribution in [0.15, 0.2) is 11.4 Å². The normalized spacial score (nSPS) is 18.6. The Hall–Kier alpha value is -1.56. The molecule has 0 aromatic carbocycles. The van der Waals surface area contributed by atoms with Gasteiger partial charge in [-0.25, -0.2) is 4.79 Å². The van der Waals surface area contributed by atoms with Crippen LogP contribution in [0.2, 0.25) is 0 Å². The van der Waals surface area contributed by atoms with Crippen LogP contribution in [0.4, 0.5) is 4.79 Å². The summed E-state index contributed by atoms with van der Waals surface area (Å²) in [7, 11) is 0. The summed E-state index contributed by atoms with van der Waals surface area (Å²) >= 11 is 1.76. The summed E-state index contributed by atoms with van der Waals surface area (Å²) in [5, 5.41) is 16.7. The zero-order valence-corrected chi connectivity index (χ0v) is 13.0. The molecular formula is C15H22N2O3S. The zero-order chi connectivity index (χ0) is 15.2. The van der Waals surface area contributed by atoms with Crippen LogP contribution < -0.4 is 10.6 Å². The predicted molar refractivity (Wildman–Crippen MR) is 82.6 cm³/mol. The standard InChI is InChI=1S/C15H22N2O3S/c1-10(14(18)19)4-3-8-16-15(20)17-12-5-2-6-13-11(12)7-9-21-13/h7,9-10,12H,2-6,8H2,1H3,(H,18,19)(H2,16,17,20). The largest absolute Gasteiger partial charge is 0.481 e. The number of amides is 2. The Morgan fingerprint density at radius 3 is 3.10 bits per heavy atom. The van der Waals surface area contributed by atoms with E-state index in [1.165, 1.54) is 10.4 Å². The Balaban J connectivity index is 1.70. The first kappa shape index (κ1) is 15.8. The molecule has 1 aromatic rings. The maximum absolute atomic E-state index is 11.9. The van der Waals surface area contributed by atoms with Gasteiger partial charge in [0.25, 0.3) is 0 Å². The summed E-state index contributed by atoms with van der Waals surface area (Å²) < 4.78 is 0. The van der Waals surface area contributed by atoms with Crippen molar-refractivity contribution in [3.8, 4) is 0 Å². The summed E-state index contributed by atoms with van der Waals surface area (Å²) in [6.07, 6.45) is 4.45. The molecule has 2 unspecified atom stereocenters. The number of aliphatic carboxylic acids is 1. The third-order valence-electron chi connectivity index (χ3n) is 3.88. The number of carboxylic acid groups (broad SMARTS) is 1. The molecule has 2 atom stereocenters. The second-order valence-corrected chi connectivity index (χ2v) is 6.53. The topological polar surface area (TPSA) is 78.4 Å². The lowest BCUT2D eigenvalue weighted by Gasteiger charge is -2.23. The molecule has 6 heteroatoms. The van der Waals surface area contributed by atoms with Gasteiger partial charge in [-0.05, 0) is 49.1 Å². The van der Waals surface area contributed by atoms with Crippen LogP contribution >= 0.6 is 11.3 Å². The molecular weight excluding hydrogens is 288 g/mol. The molecule has 2 rings (SSSR count). The second-order valence-electron chi connectivity index (χ2n) is 5.53. The Morgan fingerprint density at radius 1 is 1.52 bits per heavy atom. The van der Waals surface area contributed by atoms with E-state index < -0.39 is 5.97 Å². The fourth-order valence-electron chi connectivity index (χ4n) is 2.58. The van der Waals surface area contributed by atoms with Gasteiger partial charge < -0.3 is 15.7 Å². The number of hydrogen-bond donors (Lipinski definition) is 3. The van der Waals surface area contributed by atoms with E-state index >= 15 is 0 Å².